The number of carbonyl (C=O) groups is 1. The minimum absolute atomic E-state index is 0.194. The lowest BCUT2D eigenvalue weighted by Crippen LogP contribution is -2.60. The molecule has 0 saturated carbocycles. The third-order valence-electron chi connectivity index (χ3n) is 12.2. The van der Waals surface area contributed by atoms with E-state index in [1.165, 1.54) is 116 Å². The first-order chi connectivity index (χ1) is 32.3. The van der Waals surface area contributed by atoms with Crippen molar-refractivity contribution in [2.24, 2.45) is 0 Å². The Morgan fingerprint density at radius 3 is 1.39 bits per heavy atom. The van der Waals surface area contributed by atoms with Crippen molar-refractivity contribution in [3.05, 3.63) is 85.1 Å². The molecule has 1 amide bonds. The Hall–Kier alpha value is -2.63. The number of hydrogen-bond donors (Lipinski definition) is 6. The van der Waals surface area contributed by atoms with Crippen molar-refractivity contribution in [3.63, 3.8) is 0 Å². The van der Waals surface area contributed by atoms with E-state index in [0.29, 0.717) is 6.42 Å². The quantitative estimate of drug-likeness (QED) is 0.0261. The van der Waals surface area contributed by atoms with Gasteiger partial charge in [-0.15, -0.1) is 0 Å². The van der Waals surface area contributed by atoms with Crippen LogP contribution in [0.2, 0.25) is 0 Å². The van der Waals surface area contributed by atoms with Crippen LogP contribution in [0.1, 0.15) is 213 Å². The lowest BCUT2D eigenvalue weighted by atomic mass is 9.99. The molecule has 0 spiro atoms. The van der Waals surface area contributed by atoms with Gasteiger partial charge in [-0.3, -0.25) is 4.79 Å². The third kappa shape index (κ3) is 35.5. The highest BCUT2D eigenvalue weighted by Crippen LogP contribution is 2.23. The van der Waals surface area contributed by atoms with Gasteiger partial charge in [-0.1, -0.05) is 214 Å². The van der Waals surface area contributed by atoms with Crippen molar-refractivity contribution < 1.29 is 39.8 Å². The lowest BCUT2D eigenvalue weighted by molar-refractivity contribution is -0.302. The van der Waals surface area contributed by atoms with Gasteiger partial charge in [0.2, 0.25) is 5.91 Å². The fourth-order valence-corrected chi connectivity index (χ4v) is 8.01. The minimum atomic E-state index is -1.58. The molecule has 66 heavy (non-hydrogen) atoms. The first-order valence-electron chi connectivity index (χ1n) is 26.8. The second kappa shape index (κ2) is 46.1. The van der Waals surface area contributed by atoms with Crippen LogP contribution in [0, 0.1) is 0 Å². The predicted molar refractivity (Wildman–Crippen MR) is 276 cm³/mol. The molecule has 0 aromatic carbocycles. The predicted octanol–water partition coefficient (Wildman–Crippen LogP) is 12.7. The molecular formula is C57H99NO8. The number of carbonyl (C=O) groups excluding carboxylic acids is 1. The summed E-state index contributed by atoms with van der Waals surface area (Å²) in [6.07, 6.45) is 58.2. The molecule has 1 aliphatic heterocycles. The number of amides is 1. The Morgan fingerprint density at radius 1 is 0.515 bits per heavy atom. The molecule has 7 atom stereocenters. The van der Waals surface area contributed by atoms with Crippen LogP contribution in [0.15, 0.2) is 85.1 Å². The average molecular weight is 926 g/mol. The molecule has 0 radical (unpaired) electrons. The van der Waals surface area contributed by atoms with Crippen LogP contribution in [0.5, 0.6) is 0 Å². The molecule has 1 fully saturated rings. The number of unbranched alkanes of at least 4 members (excludes halogenated alkanes) is 22. The van der Waals surface area contributed by atoms with Crippen molar-refractivity contribution in [3.8, 4) is 0 Å². The summed E-state index contributed by atoms with van der Waals surface area (Å²) in [7, 11) is 0. The fraction of sp³-hybridized carbons (Fsp3) is 0.737. The summed E-state index contributed by atoms with van der Waals surface area (Å²) in [4.78, 5) is 13.0. The summed E-state index contributed by atoms with van der Waals surface area (Å²) in [5.74, 6) is -0.194. The molecule has 0 aromatic heterocycles. The molecule has 0 aromatic rings. The van der Waals surface area contributed by atoms with E-state index in [1.54, 1.807) is 6.08 Å². The van der Waals surface area contributed by atoms with Crippen molar-refractivity contribution in [1.29, 1.82) is 0 Å². The number of ether oxygens (including phenoxy) is 2. The van der Waals surface area contributed by atoms with Crippen LogP contribution < -0.4 is 5.32 Å². The highest BCUT2D eigenvalue weighted by atomic mass is 16.7. The van der Waals surface area contributed by atoms with Crippen molar-refractivity contribution in [2.45, 2.75) is 256 Å². The summed E-state index contributed by atoms with van der Waals surface area (Å²) >= 11 is 0. The van der Waals surface area contributed by atoms with E-state index in [1.807, 2.05) is 6.08 Å². The second-order valence-corrected chi connectivity index (χ2v) is 18.2. The molecule has 7 unspecified atom stereocenters. The van der Waals surface area contributed by atoms with Gasteiger partial charge < -0.3 is 40.3 Å². The fourth-order valence-electron chi connectivity index (χ4n) is 8.01. The number of nitrogens with one attached hydrogen (secondary N) is 1. The zero-order valence-corrected chi connectivity index (χ0v) is 41.9. The Bertz CT molecular complexity index is 1300. The number of aliphatic hydroxyl groups excluding tert-OH is 5. The van der Waals surface area contributed by atoms with Gasteiger partial charge in [-0.2, -0.15) is 0 Å². The smallest absolute Gasteiger partial charge is 0.220 e. The van der Waals surface area contributed by atoms with E-state index in [2.05, 4.69) is 92.1 Å². The first-order valence-corrected chi connectivity index (χ1v) is 26.8. The zero-order chi connectivity index (χ0) is 48.0. The molecule has 1 rings (SSSR count). The van der Waals surface area contributed by atoms with Gasteiger partial charge in [0.15, 0.2) is 6.29 Å². The zero-order valence-electron chi connectivity index (χ0n) is 41.9. The van der Waals surface area contributed by atoms with E-state index in [0.717, 1.165) is 77.0 Å². The maximum absolute atomic E-state index is 13.0. The van der Waals surface area contributed by atoms with Crippen LogP contribution in [0.3, 0.4) is 0 Å². The minimum Gasteiger partial charge on any atom is -0.394 e. The Labute approximate surface area is 403 Å². The Balaban J connectivity index is 2.10. The molecule has 1 saturated heterocycles. The number of allylic oxidation sites excluding steroid dienone is 13. The van der Waals surface area contributed by atoms with Gasteiger partial charge in [0.25, 0.3) is 0 Å². The average Bonchev–Trinajstić information content (AvgIpc) is 3.32. The van der Waals surface area contributed by atoms with Gasteiger partial charge in [0.1, 0.15) is 24.4 Å². The Kier molecular flexibility index (Phi) is 42.9. The molecule has 380 valence electrons. The molecule has 9 nitrogen and oxygen atoms in total. The summed E-state index contributed by atoms with van der Waals surface area (Å²) in [6, 6.07) is -0.828. The molecule has 1 heterocycles. The maximum atomic E-state index is 13.0. The standard InChI is InChI=1S/C57H99NO8/c1-3-5-7-9-11-13-15-16-17-18-19-20-21-22-23-24-25-26-27-28-29-30-31-32-33-34-35-36-37-39-41-43-45-47-53(61)58-50(49-65-57-56(64)55(63)54(62)52(48-59)66-57)51(60)46-44-42-40-38-14-12-10-8-6-4-2/h5-8,11,13-14,16-17,19-20,38,44,46,50-52,54-57,59-60,62-64H,3-4,9-10,12,15,18,21-37,39-43,45,47-49H2,1-2H3,(H,58,61)/b7-5-,8-6+,13-11-,17-16-,20-19-,38-14+,46-44+. The van der Waals surface area contributed by atoms with E-state index in [9.17, 15) is 30.3 Å². The van der Waals surface area contributed by atoms with E-state index >= 15 is 0 Å². The second-order valence-electron chi connectivity index (χ2n) is 18.2. The van der Waals surface area contributed by atoms with E-state index < -0.39 is 49.5 Å². The molecular weight excluding hydrogens is 827 g/mol. The summed E-state index contributed by atoms with van der Waals surface area (Å²) in [5, 5.41) is 54.1. The molecule has 1 aliphatic rings. The van der Waals surface area contributed by atoms with Gasteiger partial charge >= 0.3 is 0 Å². The van der Waals surface area contributed by atoms with Crippen LogP contribution in [-0.2, 0) is 14.3 Å². The van der Waals surface area contributed by atoms with Crippen molar-refractivity contribution in [2.75, 3.05) is 13.2 Å². The van der Waals surface area contributed by atoms with Crippen LogP contribution in [0.25, 0.3) is 0 Å². The van der Waals surface area contributed by atoms with E-state index in [4.69, 9.17) is 9.47 Å². The summed E-state index contributed by atoms with van der Waals surface area (Å²) < 4.78 is 11.2. The molecule has 0 bridgehead atoms. The Morgan fingerprint density at radius 2 is 0.909 bits per heavy atom. The van der Waals surface area contributed by atoms with Crippen LogP contribution in [0.4, 0.5) is 0 Å². The third-order valence-corrected chi connectivity index (χ3v) is 12.2. The van der Waals surface area contributed by atoms with Crippen molar-refractivity contribution >= 4 is 5.91 Å². The molecule has 6 N–H and O–H groups in total. The molecule has 0 aliphatic carbocycles. The monoisotopic (exact) mass is 926 g/mol. The topological polar surface area (TPSA) is 149 Å². The summed E-state index contributed by atoms with van der Waals surface area (Å²) in [5.41, 5.74) is 0. The van der Waals surface area contributed by atoms with Crippen LogP contribution in [-0.4, -0.2) is 87.5 Å². The van der Waals surface area contributed by atoms with E-state index in [-0.39, 0.29) is 12.5 Å². The lowest BCUT2D eigenvalue weighted by Gasteiger charge is -2.40. The summed E-state index contributed by atoms with van der Waals surface area (Å²) in [6.45, 7) is 3.51. The SMILES string of the molecule is CC/C=C\C/C=C\C/C=C\C/C=C\CCCCCCCCCCCCCCCCCCCCCCC(=O)NC(COC1OC(CO)C(O)C(O)C1O)C(O)/C=C/CC/C=C/CC/C=C/CC. The van der Waals surface area contributed by atoms with Gasteiger partial charge in [0.05, 0.1) is 25.4 Å². The first kappa shape index (κ1) is 61.4. The van der Waals surface area contributed by atoms with Crippen molar-refractivity contribution in [1.82, 2.24) is 5.32 Å². The number of rotatable bonds is 44. The van der Waals surface area contributed by atoms with Gasteiger partial charge in [-0.25, -0.2) is 0 Å². The molecule has 9 heteroatoms. The highest BCUT2D eigenvalue weighted by molar-refractivity contribution is 5.76. The number of hydrogen-bond acceptors (Lipinski definition) is 8. The van der Waals surface area contributed by atoms with Gasteiger partial charge in [-0.05, 0) is 77.0 Å². The van der Waals surface area contributed by atoms with Gasteiger partial charge in [0, 0.05) is 6.42 Å². The number of aliphatic hydroxyl groups is 5. The highest BCUT2D eigenvalue weighted by Gasteiger charge is 2.44. The van der Waals surface area contributed by atoms with Crippen LogP contribution >= 0.6 is 0 Å². The normalized spacial score (nSPS) is 20.5. The maximum Gasteiger partial charge on any atom is 0.220 e. The largest absolute Gasteiger partial charge is 0.394 e.